The average Bonchev–Trinajstić information content (AvgIpc) is 2.93. The first-order chi connectivity index (χ1) is 9.54. The maximum absolute atomic E-state index is 11.0. The molecule has 5 nitrogen and oxygen atoms in total. The monoisotopic (exact) mass is 285 g/mol. The number of nitrogens with zero attached hydrogens (tertiary/aromatic N) is 2. The summed E-state index contributed by atoms with van der Waals surface area (Å²) in [6, 6.07) is 10.4. The Hall–Kier alpha value is -2.65. The molecule has 2 N–H and O–H groups in total. The van der Waals surface area contributed by atoms with Crippen LogP contribution in [0.4, 0.5) is 5.69 Å². The molecular formula is C14H11N3O2S. The van der Waals surface area contributed by atoms with Crippen molar-refractivity contribution in [1.29, 1.82) is 5.26 Å². The number of rotatable bonds is 3. The van der Waals surface area contributed by atoms with Gasteiger partial charge in [-0.3, -0.25) is 10.1 Å². The summed E-state index contributed by atoms with van der Waals surface area (Å²) < 4.78 is 0. The fourth-order valence-corrected chi connectivity index (χ4v) is 2.52. The molecule has 1 aromatic heterocycles. The third-order valence-electron chi connectivity index (χ3n) is 2.87. The zero-order chi connectivity index (χ0) is 14.7. The smallest absolute Gasteiger partial charge is 0.272 e. The highest BCUT2D eigenvalue weighted by molar-refractivity contribution is 7.11. The summed E-state index contributed by atoms with van der Waals surface area (Å²) in [6.45, 7) is 1.66. The molecule has 0 saturated heterocycles. The van der Waals surface area contributed by atoms with Gasteiger partial charge in [0.15, 0.2) is 0 Å². The molecule has 0 bridgehead atoms. The van der Waals surface area contributed by atoms with Crippen LogP contribution in [0.5, 0.6) is 0 Å². The molecule has 0 atom stereocenters. The minimum Gasteiger partial charge on any atom is -0.397 e. The van der Waals surface area contributed by atoms with Crippen molar-refractivity contribution >= 4 is 28.3 Å². The van der Waals surface area contributed by atoms with Crippen LogP contribution in [-0.4, -0.2) is 4.92 Å². The third kappa shape index (κ3) is 2.53. The summed E-state index contributed by atoms with van der Waals surface area (Å²) >= 11 is 1.40. The molecule has 100 valence electrons. The van der Waals surface area contributed by atoms with Gasteiger partial charge in [-0.25, -0.2) is 0 Å². The van der Waals surface area contributed by atoms with Crippen LogP contribution >= 0.6 is 11.3 Å². The van der Waals surface area contributed by atoms with E-state index in [9.17, 15) is 15.4 Å². The summed E-state index contributed by atoms with van der Waals surface area (Å²) in [7, 11) is 0. The summed E-state index contributed by atoms with van der Waals surface area (Å²) in [5, 5.41) is 22.0. The number of benzene rings is 1. The van der Waals surface area contributed by atoms with Crippen LogP contribution in [0, 0.1) is 28.4 Å². The highest BCUT2D eigenvalue weighted by Gasteiger charge is 2.15. The van der Waals surface area contributed by atoms with Gasteiger partial charge in [-0.15, -0.1) is 11.3 Å². The van der Waals surface area contributed by atoms with Crippen molar-refractivity contribution in [3.8, 4) is 6.07 Å². The number of nitriles is 1. The van der Waals surface area contributed by atoms with Gasteiger partial charge in [0.25, 0.3) is 5.69 Å². The van der Waals surface area contributed by atoms with Crippen LogP contribution in [0.1, 0.15) is 16.0 Å². The van der Waals surface area contributed by atoms with E-state index in [-0.39, 0.29) is 11.4 Å². The molecule has 0 unspecified atom stereocenters. The molecule has 0 fully saturated rings. The number of thiophene rings is 1. The SMILES string of the molecule is Cc1ccc(/C(N)=C(/C#N)c2cccs2)cc1[N+](=O)[O-]. The van der Waals surface area contributed by atoms with Gasteiger partial charge in [0.05, 0.1) is 16.2 Å². The van der Waals surface area contributed by atoms with Gasteiger partial charge in [-0.1, -0.05) is 18.2 Å². The van der Waals surface area contributed by atoms with Crippen LogP contribution in [0.25, 0.3) is 11.3 Å². The number of hydrogen-bond acceptors (Lipinski definition) is 5. The van der Waals surface area contributed by atoms with Crippen molar-refractivity contribution in [2.45, 2.75) is 6.92 Å². The minimum atomic E-state index is -0.455. The van der Waals surface area contributed by atoms with Crippen LogP contribution in [-0.2, 0) is 0 Å². The highest BCUT2D eigenvalue weighted by atomic mass is 32.1. The molecule has 2 rings (SSSR count). The Bertz CT molecular complexity index is 727. The molecular weight excluding hydrogens is 274 g/mol. The zero-order valence-corrected chi connectivity index (χ0v) is 11.5. The van der Waals surface area contributed by atoms with Crippen LogP contribution in [0.3, 0.4) is 0 Å². The van der Waals surface area contributed by atoms with Gasteiger partial charge in [-0.05, 0) is 18.4 Å². The molecule has 1 heterocycles. The Balaban J connectivity index is 2.58. The van der Waals surface area contributed by atoms with Gasteiger partial charge in [-0.2, -0.15) is 5.26 Å². The van der Waals surface area contributed by atoms with Crippen molar-refractivity contribution in [1.82, 2.24) is 0 Å². The lowest BCUT2D eigenvalue weighted by atomic mass is 10.0. The Kier molecular flexibility index (Phi) is 3.82. The van der Waals surface area contributed by atoms with Gasteiger partial charge in [0, 0.05) is 22.1 Å². The summed E-state index contributed by atoms with van der Waals surface area (Å²) in [4.78, 5) is 11.2. The fraction of sp³-hybridized carbons (Fsp3) is 0.0714. The van der Waals surface area contributed by atoms with E-state index in [0.717, 1.165) is 4.88 Å². The normalized spacial score (nSPS) is 11.6. The first-order valence-corrected chi connectivity index (χ1v) is 6.61. The minimum absolute atomic E-state index is 0.00563. The second-order valence-corrected chi connectivity index (χ2v) is 5.08. The van der Waals surface area contributed by atoms with E-state index in [4.69, 9.17) is 5.73 Å². The standard InChI is InChI=1S/C14H11N3O2S/c1-9-4-5-10(7-12(9)17(18)19)14(16)11(8-15)13-3-2-6-20-13/h2-7H,16H2,1H3/b14-11+. The molecule has 6 heteroatoms. The highest BCUT2D eigenvalue weighted by Crippen LogP contribution is 2.28. The number of allylic oxidation sites excluding steroid dienone is 1. The molecule has 2 aromatic rings. The van der Waals surface area contributed by atoms with Crippen molar-refractivity contribution in [3.63, 3.8) is 0 Å². The summed E-state index contributed by atoms with van der Waals surface area (Å²) in [6.07, 6.45) is 0. The average molecular weight is 285 g/mol. The Morgan fingerprint density at radius 2 is 2.20 bits per heavy atom. The summed E-state index contributed by atoms with van der Waals surface area (Å²) in [5.74, 6) is 0. The van der Waals surface area contributed by atoms with Crippen molar-refractivity contribution in [3.05, 3.63) is 61.8 Å². The second-order valence-electron chi connectivity index (χ2n) is 4.14. The first kappa shape index (κ1) is 13.8. The van der Waals surface area contributed by atoms with Gasteiger partial charge in [0.1, 0.15) is 6.07 Å². The van der Waals surface area contributed by atoms with E-state index in [1.54, 1.807) is 25.1 Å². The lowest BCUT2D eigenvalue weighted by Gasteiger charge is -2.06. The quantitative estimate of drug-likeness (QED) is 0.532. The van der Waals surface area contributed by atoms with Gasteiger partial charge >= 0.3 is 0 Å². The molecule has 0 aliphatic rings. The molecule has 20 heavy (non-hydrogen) atoms. The summed E-state index contributed by atoms with van der Waals surface area (Å²) in [5.41, 5.74) is 7.61. The van der Waals surface area contributed by atoms with Crippen molar-refractivity contribution in [2.24, 2.45) is 5.73 Å². The predicted molar refractivity (Wildman–Crippen MR) is 78.8 cm³/mol. The second kappa shape index (κ2) is 5.55. The Morgan fingerprint density at radius 1 is 1.45 bits per heavy atom. The molecule has 0 spiro atoms. The number of hydrogen-bond donors (Lipinski definition) is 1. The molecule has 0 amide bonds. The molecule has 0 radical (unpaired) electrons. The molecule has 0 saturated carbocycles. The Labute approximate surface area is 119 Å². The van der Waals surface area contributed by atoms with E-state index in [0.29, 0.717) is 16.7 Å². The number of nitro groups is 1. The number of aryl methyl sites for hydroxylation is 1. The lowest BCUT2D eigenvalue weighted by Crippen LogP contribution is -2.01. The van der Waals surface area contributed by atoms with Gasteiger partial charge in [0.2, 0.25) is 0 Å². The topological polar surface area (TPSA) is 93.0 Å². The fourth-order valence-electron chi connectivity index (χ4n) is 1.79. The van der Waals surface area contributed by atoms with Gasteiger partial charge < -0.3 is 5.73 Å². The zero-order valence-electron chi connectivity index (χ0n) is 10.7. The van der Waals surface area contributed by atoms with Crippen molar-refractivity contribution in [2.75, 3.05) is 0 Å². The van der Waals surface area contributed by atoms with E-state index >= 15 is 0 Å². The van der Waals surface area contributed by atoms with E-state index in [2.05, 4.69) is 6.07 Å². The third-order valence-corrected chi connectivity index (χ3v) is 3.75. The van der Waals surface area contributed by atoms with E-state index in [1.807, 2.05) is 11.4 Å². The predicted octanol–water partition coefficient (Wildman–Crippen LogP) is 3.32. The first-order valence-electron chi connectivity index (χ1n) is 5.73. The number of nitro benzene ring substituents is 1. The Morgan fingerprint density at radius 3 is 2.75 bits per heavy atom. The maximum atomic E-state index is 11.0. The van der Waals surface area contributed by atoms with E-state index in [1.165, 1.54) is 17.4 Å². The number of nitrogens with two attached hydrogens (primary N) is 1. The lowest BCUT2D eigenvalue weighted by molar-refractivity contribution is -0.385. The van der Waals surface area contributed by atoms with E-state index < -0.39 is 4.92 Å². The molecule has 0 aliphatic heterocycles. The molecule has 1 aromatic carbocycles. The maximum Gasteiger partial charge on any atom is 0.272 e. The van der Waals surface area contributed by atoms with Crippen molar-refractivity contribution < 1.29 is 4.92 Å². The van der Waals surface area contributed by atoms with Crippen LogP contribution < -0.4 is 5.73 Å². The largest absolute Gasteiger partial charge is 0.397 e. The molecule has 0 aliphatic carbocycles. The van der Waals surface area contributed by atoms with Crippen LogP contribution in [0.2, 0.25) is 0 Å². The van der Waals surface area contributed by atoms with Crippen LogP contribution in [0.15, 0.2) is 35.7 Å².